The Hall–Kier alpha value is -2.42. The smallest absolute Gasteiger partial charge is 0.272 e. The van der Waals surface area contributed by atoms with E-state index in [1.807, 2.05) is 24.3 Å². The quantitative estimate of drug-likeness (QED) is 0.635. The SMILES string of the molecule is O=C(NCc1sc2ccccc2c1Cl)c1cc2n(n1)CC(O)CNC2=O. The van der Waals surface area contributed by atoms with Gasteiger partial charge in [-0.15, -0.1) is 11.3 Å². The van der Waals surface area contributed by atoms with Crippen LogP contribution in [0.1, 0.15) is 25.9 Å². The van der Waals surface area contributed by atoms with Crippen molar-refractivity contribution in [3.8, 4) is 0 Å². The number of nitrogens with zero attached hydrogens (tertiary/aromatic N) is 2. The summed E-state index contributed by atoms with van der Waals surface area (Å²) in [6, 6.07) is 9.20. The number of aliphatic hydroxyl groups is 1. The number of β-amino-alcohol motifs (C(OH)–C–C–N with tert-alkyl or cyclic N) is 1. The molecule has 1 aliphatic rings. The molecule has 0 saturated carbocycles. The molecule has 7 nitrogen and oxygen atoms in total. The Balaban J connectivity index is 1.52. The van der Waals surface area contributed by atoms with Crippen LogP contribution >= 0.6 is 22.9 Å². The van der Waals surface area contributed by atoms with Gasteiger partial charge in [-0.1, -0.05) is 29.8 Å². The van der Waals surface area contributed by atoms with E-state index in [0.29, 0.717) is 5.02 Å². The second-order valence-corrected chi connectivity index (χ2v) is 7.49. The van der Waals surface area contributed by atoms with Crippen LogP contribution in [-0.4, -0.2) is 39.4 Å². The molecule has 3 aromatic rings. The minimum atomic E-state index is -0.742. The summed E-state index contributed by atoms with van der Waals surface area (Å²) in [5.41, 5.74) is 0.382. The maximum Gasteiger partial charge on any atom is 0.272 e. The van der Waals surface area contributed by atoms with E-state index < -0.39 is 12.0 Å². The van der Waals surface area contributed by atoms with Crippen LogP contribution in [0.15, 0.2) is 30.3 Å². The molecule has 0 spiro atoms. The van der Waals surface area contributed by atoms with Crippen LogP contribution in [0.4, 0.5) is 0 Å². The molecule has 0 radical (unpaired) electrons. The Morgan fingerprint density at radius 3 is 3.08 bits per heavy atom. The number of thiophene rings is 1. The maximum atomic E-state index is 12.4. The standard InChI is InChI=1S/C17H15ClN4O3S/c18-15-10-3-1-2-4-13(10)26-14(15)7-20-16(24)11-5-12-17(25)19-6-9(23)8-22(12)21-11/h1-5,9,23H,6-8H2,(H,19,25)(H,20,24). The van der Waals surface area contributed by atoms with Crippen molar-refractivity contribution in [1.29, 1.82) is 0 Å². The van der Waals surface area contributed by atoms with Crippen LogP contribution in [0.2, 0.25) is 5.02 Å². The van der Waals surface area contributed by atoms with Crippen LogP contribution in [-0.2, 0) is 13.1 Å². The zero-order valence-corrected chi connectivity index (χ0v) is 15.1. The fourth-order valence-corrected chi connectivity index (χ4v) is 4.28. The number of rotatable bonds is 3. The molecule has 2 aromatic heterocycles. The lowest BCUT2D eigenvalue weighted by molar-refractivity contribution is 0.0931. The van der Waals surface area contributed by atoms with Crippen LogP contribution in [0, 0.1) is 0 Å². The average molecular weight is 391 g/mol. The van der Waals surface area contributed by atoms with E-state index >= 15 is 0 Å². The second-order valence-electron chi connectivity index (χ2n) is 5.98. The second kappa shape index (κ2) is 6.71. The summed E-state index contributed by atoms with van der Waals surface area (Å²) in [6.45, 7) is 0.589. The van der Waals surface area contributed by atoms with Gasteiger partial charge in [0, 0.05) is 27.6 Å². The van der Waals surface area contributed by atoms with Gasteiger partial charge < -0.3 is 15.7 Å². The molecular weight excluding hydrogens is 376 g/mol. The number of hydrogen-bond acceptors (Lipinski definition) is 5. The van der Waals surface area contributed by atoms with E-state index in [4.69, 9.17) is 11.6 Å². The highest BCUT2D eigenvalue weighted by Gasteiger charge is 2.24. The van der Waals surface area contributed by atoms with E-state index in [0.717, 1.165) is 15.0 Å². The first-order valence-corrected chi connectivity index (χ1v) is 9.20. The van der Waals surface area contributed by atoms with Gasteiger partial charge in [0.1, 0.15) is 5.69 Å². The number of carbonyl (C=O) groups is 2. The molecule has 1 aromatic carbocycles. The molecule has 134 valence electrons. The van der Waals surface area contributed by atoms with Crippen molar-refractivity contribution >= 4 is 44.8 Å². The lowest BCUT2D eigenvalue weighted by Crippen LogP contribution is -2.30. The van der Waals surface area contributed by atoms with Gasteiger partial charge in [-0.25, -0.2) is 0 Å². The van der Waals surface area contributed by atoms with Crippen LogP contribution in [0.25, 0.3) is 10.1 Å². The number of benzene rings is 1. The molecule has 1 unspecified atom stereocenters. The molecule has 2 amide bonds. The average Bonchev–Trinajstić information content (AvgIpc) is 3.16. The van der Waals surface area contributed by atoms with Crippen molar-refractivity contribution in [3.63, 3.8) is 0 Å². The molecule has 1 atom stereocenters. The minimum absolute atomic E-state index is 0.126. The van der Waals surface area contributed by atoms with Gasteiger partial charge in [0.2, 0.25) is 0 Å². The fraction of sp³-hybridized carbons (Fsp3) is 0.235. The molecule has 26 heavy (non-hydrogen) atoms. The first-order chi connectivity index (χ1) is 12.5. The summed E-state index contributed by atoms with van der Waals surface area (Å²) in [5.74, 6) is -0.762. The van der Waals surface area contributed by atoms with Crippen molar-refractivity contribution in [2.24, 2.45) is 0 Å². The Morgan fingerprint density at radius 1 is 1.46 bits per heavy atom. The van der Waals surface area contributed by atoms with Crippen molar-refractivity contribution in [1.82, 2.24) is 20.4 Å². The molecule has 0 bridgehead atoms. The van der Waals surface area contributed by atoms with E-state index in [1.54, 1.807) is 0 Å². The molecular formula is C17H15ClN4O3S. The third-order valence-electron chi connectivity index (χ3n) is 4.14. The number of carbonyl (C=O) groups excluding carboxylic acids is 2. The molecule has 3 N–H and O–H groups in total. The van der Waals surface area contributed by atoms with Crippen LogP contribution < -0.4 is 10.6 Å². The highest BCUT2D eigenvalue weighted by Crippen LogP contribution is 2.34. The largest absolute Gasteiger partial charge is 0.389 e. The number of halogens is 1. The Bertz CT molecular complexity index is 1010. The first kappa shape index (κ1) is 17.0. The van der Waals surface area contributed by atoms with Gasteiger partial charge >= 0.3 is 0 Å². The molecule has 3 heterocycles. The van der Waals surface area contributed by atoms with Crippen LogP contribution in [0.5, 0.6) is 0 Å². The topological polar surface area (TPSA) is 96.2 Å². The third kappa shape index (κ3) is 3.07. The van der Waals surface area contributed by atoms with Crippen molar-refractivity contribution < 1.29 is 14.7 Å². The lowest BCUT2D eigenvalue weighted by Gasteiger charge is -2.06. The summed E-state index contributed by atoms with van der Waals surface area (Å²) in [6.07, 6.45) is -0.742. The van der Waals surface area contributed by atoms with E-state index in [2.05, 4.69) is 15.7 Å². The van der Waals surface area contributed by atoms with Crippen molar-refractivity contribution in [2.45, 2.75) is 19.2 Å². The minimum Gasteiger partial charge on any atom is -0.389 e. The highest BCUT2D eigenvalue weighted by atomic mass is 35.5. The van der Waals surface area contributed by atoms with Gasteiger partial charge in [0.05, 0.1) is 24.2 Å². The molecule has 0 aliphatic carbocycles. The summed E-state index contributed by atoms with van der Waals surface area (Å²) < 4.78 is 2.41. The summed E-state index contributed by atoms with van der Waals surface area (Å²) >= 11 is 7.90. The number of aromatic nitrogens is 2. The van der Waals surface area contributed by atoms with Gasteiger partial charge in [0.15, 0.2) is 5.69 Å². The van der Waals surface area contributed by atoms with Gasteiger partial charge in [-0.2, -0.15) is 5.10 Å². The van der Waals surface area contributed by atoms with Gasteiger partial charge in [-0.05, 0) is 6.07 Å². The van der Waals surface area contributed by atoms with Gasteiger partial charge in [0.25, 0.3) is 11.8 Å². The van der Waals surface area contributed by atoms with E-state index in [9.17, 15) is 14.7 Å². The predicted molar refractivity (Wildman–Crippen MR) is 98.6 cm³/mol. The zero-order chi connectivity index (χ0) is 18.3. The number of aliphatic hydroxyl groups excluding tert-OH is 1. The number of nitrogens with one attached hydrogen (secondary N) is 2. The lowest BCUT2D eigenvalue weighted by atomic mass is 10.2. The number of hydrogen-bond donors (Lipinski definition) is 3. The Kier molecular flexibility index (Phi) is 4.39. The maximum absolute atomic E-state index is 12.4. The third-order valence-corrected chi connectivity index (χ3v) is 5.85. The predicted octanol–water partition coefficient (Wildman–Crippen LogP) is 1.79. The number of fused-ring (bicyclic) bond motifs is 2. The van der Waals surface area contributed by atoms with Gasteiger partial charge in [-0.3, -0.25) is 14.3 Å². The molecule has 0 saturated heterocycles. The van der Waals surface area contributed by atoms with E-state index in [1.165, 1.54) is 22.1 Å². The number of amides is 2. The Morgan fingerprint density at radius 2 is 2.27 bits per heavy atom. The highest BCUT2D eigenvalue weighted by molar-refractivity contribution is 7.19. The Labute approximate surface area is 157 Å². The summed E-state index contributed by atoms with van der Waals surface area (Å²) in [4.78, 5) is 25.3. The molecule has 9 heteroatoms. The summed E-state index contributed by atoms with van der Waals surface area (Å²) in [7, 11) is 0. The molecule has 1 aliphatic heterocycles. The first-order valence-electron chi connectivity index (χ1n) is 8.01. The zero-order valence-electron chi connectivity index (χ0n) is 13.5. The molecule has 4 rings (SSSR count). The monoisotopic (exact) mass is 390 g/mol. The fourth-order valence-electron chi connectivity index (χ4n) is 2.84. The molecule has 0 fully saturated rings. The van der Waals surface area contributed by atoms with Crippen molar-refractivity contribution in [3.05, 3.63) is 51.6 Å². The van der Waals surface area contributed by atoms with E-state index in [-0.39, 0.29) is 36.9 Å². The van der Waals surface area contributed by atoms with Crippen molar-refractivity contribution in [2.75, 3.05) is 6.54 Å². The van der Waals surface area contributed by atoms with Crippen LogP contribution in [0.3, 0.4) is 0 Å². The summed E-state index contributed by atoms with van der Waals surface area (Å²) in [5, 5.41) is 20.9. The normalized spacial score (nSPS) is 16.8.